The van der Waals surface area contributed by atoms with E-state index in [2.05, 4.69) is 5.32 Å². The Morgan fingerprint density at radius 2 is 1.81 bits per heavy atom. The summed E-state index contributed by atoms with van der Waals surface area (Å²) in [6, 6.07) is 4.71. The zero-order valence-electron chi connectivity index (χ0n) is 7.84. The number of carbonyl (C=O) groups excluding carboxylic acids is 2. The van der Waals surface area contributed by atoms with Crippen LogP contribution in [0.25, 0.3) is 0 Å². The van der Waals surface area contributed by atoms with Gasteiger partial charge in [0, 0.05) is 10.0 Å². The average molecular weight is 279 g/mol. The van der Waals surface area contributed by atoms with Crippen LogP contribution in [0.5, 0.6) is 0 Å². The number of hydrogen-bond donors (Lipinski definition) is 1. The van der Waals surface area contributed by atoms with Crippen molar-refractivity contribution in [2.45, 2.75) is 11.3 Å². The number of benzene rings is 1. The second-order valence-electron chi connectivity index (χ2n) is 3.40. The number of alkyl halides is 1. The normalized spacial score (nSPS) is 24.7. The lowest BCUT2D eigenvalue weighted by Crippen LogP contribution is -2.22. The Hall–Kier alpha value is -0.770. The standard InChI is InChI=1S/C10H6Cl3NO2/c11-4-1-2-5(6(12)3-4)7-8(13)10(16)14-9(7)15/h1-3,7-8H,(H,14,15,16). The highest BCUT2D eigenvalue weighted by atomic mass is 35.5. The molecule has 0 aromatic heterocycles. The van der Waals surface area contributed by atoms with E-state index in [0.717, 1.165) is 0 Å². The molecular weight excluding hydrogens is 272 g/mol. The summed E-state index contributed by atoms with van der Waals surface area (Å²) >= 11 is 17.5. The molecule has 1 aromatic carbocycles. The maximum atomic E-state index is 11.5. The minimum absolute atomic E-state index is 0.327. The van der Waals surface area contributed by atoms with Crippen LogP contribution >= 0.6 is 34.8 Å². The summed E-state index contributed by atoms with van der Waals surface area (Å²) in [6.45, 7) is 0. The van der Waals surface area contributed by atoms with Gasteiger partial charge < -0.3 is 0 Å². The molecule has 84 valence electrons. The van der Waals surface area contributed by atoms with Gasteiger partial charge in [-0.05, 0) is 17.7 Å². The molecule has 2 rings (SSSR count). The van der Waals surface area contributed by atoms with Crippen molar-refractivity contribution in [2.24, 2.45) is 0 Å². The van der Waals surface area contributed by atoms with Crippen LogP contribution in [0.1, 0.15) is 11.5 Å². The Kier molecular flexibility index (Phi) is 3.10. The summed E-state index contributed by atoms with van der Waals surface area (Å²) in [5, 5.41) is 2.02. The van der Waals surface area contributed by atoms with Crippen LogP contribution in [0.4, 0.5) is 0 Å². The Balaban J connectivity index is 2.44. The smallest absolute Gasteiger partial charge is 0.245 e. The molecule has 2 amide bonds. The molecule has 0 bridgehead atoms. The SMILES string of the molecule is O=C1NC(=O)C(c2ccc(Cl)cc2Cl)C1Cl. The largest absolute Gasteiger partial charge is 0.295 e. The number of halogens is 3. The third kappa shape index (κ3) is 1.90. The zero-order chi connectivity index (χ0) is 11.9. The summed E-state index contributed by atoms with van der Waals surface area (Å²) < 4.78 is 0. The molecule has 0 aliphatic carbocycles. The molecule has 1 aliphatic rings. The fraction of sp³-hybridized carbons (Fsp3) is 0.200. The van der Waals surface area contributed by atoms with Gasteiger partial charge in [-0.15, -0.1) is 11.6 Å². The lowest BCUT2D eigenvalue weighted by atomic mass is 9.97. The van der Waals surface area contributed by atoms with Crippen molar-refractivity contribution in [3.05, 3.63) is 33.8 Å². The summed E-state index contributed by atoms with van der Waals surface area (Å²) in [7, 11) is 0. The summed E-state index contributed by atoms with van der Waals surface area (Å²) in [5.74, 6) is -1.68. The lowest BCUT2D eigenvalue weighted by Gasteiger charge is -2.11. The van der Waals surface area contributed by atoms with Gasteiger partial charge in [-0.1, -0.05) is 29.3 Å². The van der Waals surface area contributed by atoms with E-state index in [1.54, 1.807) is 12.1 Å². The van der Waals surface area contributed by atoms with Crippen LogP contribution in [0.3, 0.4) is 0 Å². The van der Waals surface area contributed by atoms with Crippen LogP contribution in [0.15, 0.2) is 18.2 Å². The van der Waals surface area contributed by atoms with Gasteiger partial charge in [-0.25, -0.2) is 0 Å². The predicted molar refractivity (Wildman–Crippen MR) is 62.0 cm³/mol. The highest BCUT2D eigenvalue weighted by molar-refractivity contribution is 6.38. The van der Waals surface area contributed by atoms with Crippen LogP contribution in [0.2, 0.25) is 10.0 Å². The zero-order valence-corrected chi connectivity index (χ0v) is 10.1. The van der Waals surface area contributed by atoms with E-state index in [9.17, 15) is 9.59 Å². The van der Waals surface area contributed by atoms with Gasteiger partial charge in [-0.3, -0.25) is 14.9 Å². The number of nitrogens with one attached hydrogen (secondary N) is 1. The number of amides is 2. The molecule has 2 atom stereocenters. The first-order chi connectivity index (χ1) is 7.50. The fourth-order valence-electron chi connectivity index (χ4n) is 1.61. The third-order valence-corrected chi connectivity index (χ3v) is 3.38. The average Bonchev–Trinajstić information content (AvgIpc) is 2.43. The van der Waals surface area contributed by atoms with Crippen molar-refractivity contribution in [3.63, 3.8) is 0 Å². The summed E-state index contributed by atoms with van der Waals surface area (Å²) in [5.41, 5.74) is 0.509. The van der Waals surface area contributed by atoms with E-state index in [-0.39, 0.29) is 0 Å². The second kappa shape index (κ2) is 4.24. The first-order valence-corrected chi connectivity index (χ1v) is 5.63. The Morgan fingerprint density at radius 3 is 2.31 bits per heavy atom. The predicted octanol–water partition coefficient (Wildman–Crippen LogP) is 2.34. The third-order valence-electron chi connectivity index (χ3n) is 2.37. The minimum Gasteiger partial charge on any atom is -0.295 e. The monoisotopic (exact) mass is 277 g/mol. The highest BCUT2D eigenvalue weighted by Gasteiger charge is 2.42. The van der Waals surface area contributed by atoms with E-state index in [4.69, 9.17) is 34.8 Å². The van der Waals surface area contributed by atoms with Crippen molar-refractivity contribution in [3.8, 4) is 0 Å². The highest BCUT2D eigenvalue weighted by Crippen LogP contribution is 2.34. The summed E-state index contributed by atoms with van der Waals surface area (Å²) in [6.07, 6.45) is 0. The molecule has 1 saturated heterocycles. The van der Waals surface area contributed by atoms with Gasteiger partial charge >= 0.3 is 0 Å². The maximum absolute atomic E-state index is 11.5. The molecule has 16 heavy (non-hydrogen) atoms. The molecular formula is C10H6Cl3NO2. The fourth-order valence-corrected chi connectivity index (χ4v) is 2.44. The van der Waals surface area contributed by atoms with E-state index in [1.807, 2.05) is 0 Å². The van der Waals surface area contributed by atoms with Gasteiger partial charge in [-0.2, -0.15) is 0 Å². The molecule has 1 aliphatic heterocycles. The number of carbonyl (C=O) groups is 2. The van der Waals surface area contributed by atoms with Crippen molar-refractivity contribution in [2.75, 3.05) is 0 Å². The maximum Gasteiger partial charge on any atom is 0.245 e. The van der Waals surface area contributed by atoms with E-state index in [0.29, 0.717) is 15.6 Å². The van der Waals surface area contributed by atoms with Gasteiger partial charge in [0.25, 0.3) is 0 Å². The van der Waals surface area contributed by atoms with Crippen LogP contribution in [-0.4, -0.2) is 17.2 Å². The molecule has 0 saturated carbocycles. The number of hydrogen-bond acceptors (Lipinski definition) is 2. The van der Waals surface area contributed by atoms with Gasteiger partial charge in [0.05, 0.1) is 5.92 Å². The van der Waals surface area contributed by atoms with Crippen molar-refractivity contribution < 1.29 is 9.59 Å². The number of rotatable bonds is 1. The molecule has 1 heterocycles. The molecule has 6 heteroatoms. The van der Waals surface area contributed by atoms with E-state index >= 15 is 0 Å². The first kappa shape index (κ1) is 11.7. The Bertz CT molecular complexity index is 475. The first-order valence-electron chi connectivity index (χ1n) is 4.44. The van der Waals surface area contributed by atoms with Crippen LogP contribution < -0.4 is 5.32 Å². The molecule has 3 nitrogen and oxygen atoms in total. The topological polar surface area (TPSA) is 46.2 Å². The lowest BCUT2D eigenvalue weighted by molar-refractivity contribution is -0.125. The minimum atomic E-state index is -0.925. The second-order valence-corrected chi connectivity index (χ2v) is 4.71. The van der Waals surface area contributed by atoms with Crippen molar-refractivity contribution >= 4 is 46.6 Å². The quantitative estimate of drug-likeness (QED) is 0.633. The van der Waals surface area contributed by atoms with Gasteiger partial charge in [0.1, 0.15) is 5.38 Å². The molecule has 0 spiro atoms. The van der Waals surface area contributed by atoms with Crippen LogP contribution in [0, 0.1) is 0 Å². The summed E-state index contributed by atoms with van der Waals surface area (Å²) in [4.78, 5) is 22.7. The Morgan fingerprint density at radius 1 is 1.12 bits per heavy atom. The van der Waals surface area contributed by atoms with E-state index < -0.39 is 23.1 Å². The molecule has 0 radical (unpaired) electrons. The molecule has 1 N–H and O–H groups in total. The molecule has 1 aromatic rings. The van der Waals surface area contributed by atoms with Gasteiger partial charge in [0.2, 0.25) is 11.8 Å². The molecule has 1 fully saturated rings. The Labute approximate surface area is 107 Å². The number of imide groups is 1. The van der Waals surface area contributed by atoms with Crippen molar-refractivity contribution in [1.82, 2.24) is 5.32 Å². The van der Waals surface area contributed by atoms with Crippen molar-refractivity contribution in [1.29, 1.82) is 0 Å². The van der Waals surface area contributed by atoms with E-state index in [1.165, 1.54) is 6.07 Å². The molecule has 2 unspecified atom stereocenters. The van der Waals surface area contributed by atoms with Crippen LogP contribution in [-0.2, 0) is 9.59 Å². The van der Waals surface area contributed by atoms with Gasteiger partial charge in [0.15, 0.2) is 0 Å².